The predicted octanol–water partition coefficient (Wildman–Crippen LogP) is 3.62. The van der Waals surface area contributed by atoms with Crippen molar-refractivity contribution in [1.29, 1.82) is 0 Å². The lowest BCUT2D eigenvalue weighted by atomic mass is 9.99. The summed E-state index contributed by atoms with van der Waals surface area (Å²) in [5, 5.41) is 3.15. The van der Waals surface area contributed by atoms with Gasteiger partial charge in [-0.05, 0) is 30.3 Å². The Bertz CT molecular complexity index is 731. The standard InChI is InChI=1S/C21H22N2O2/c1-23(15-19-13-8-14-25-19)16-20(24)22-21(17-9-4-2-5-10-17)18-11-6-3-7-12-18/h2-14,21H,15-16H2,1H3,(H,22,24). The van der Waals surface area contributed by atoms with Crippen LogP contribution in [0.1, 0.15) is 22.9 Å². The summed E-state index contributed by atoms with van der Waals surface area (Å²) in [4.78, 5) is 14.5. The SMILES string of the molecule is CN(CC(=O)NC(c1ccccc1)c1ccccc1)Cc1ccco1. The molecule has 2 aromatic carbocycles. The lowest BCUT2D eigenvalue weighted by Gasteiger charge is -2.22. The van der Waals surface area contributed by atoms with Gasteiger partial charge in [-0.25, -0.2) is 0 Å². The number of amides is 1. The quantitative estimate of drug-likeness (QED) is 0.718. The molecule has 1 heterocycles. The van der Waals surface area contributed by atoms with Crippen molar-refractivity contribution < 1.29 is 9.21 Å². The van der Waals surface area contributed by atoms with Crippen LogP contribution in [-0.2, 0) is 11.3 Å². The first-order chi connectivity index (χ1) is 12.2. The van der Waals surface area contributed by atoms with Gasteiger partial charge in [0.1, 0.15) is 5.76 Å². The molecule has 1 N–H and O–H groups in total. The van der Waals surface area contributed by atoms with Crippen LogP contribution in [0, 0.1) is 0 Å². The number of nitrogens with one attached hydrogen (secondary N) is 1. The molecule has 0 saturated heterocycles. The molecule has 4 nitrogen and oxygen atoms in total. The monoisotopic (exact) mass is 334 g/mol. The van der Waals surface area contributed by atoms with Gasteiger partial charge in [-0.15, -0.1) is 0 Å². The molecule has 3 aromatic rings. The van der Waals surface area contributed by atoms with Gasteiger partial charge in [0.15, 0.2) is 0 Å². The molecular weight excluding hydrogens is 312 g/mol. The molecule has 0 radical (unpaired) electrons. The maximum Gasteiger partial charge on any atom is 0.234 e. The van der Waals surface area contributed by atoms with Gasteiger partial charge in [0.2, 0.25) is 5.91 Å². The number of furan rings is 1. The van der Waals surface area contributed by atoms with Crippen LogP contribution < -0.4 is 5.32 Å². The second-order valence-electron chi connectivity index (χ2n) is 6.07. The van der Waals surface area contributed by atoms with Gasteiger partial charge in [-0.3, -0.25) is 9.69 Å². The highest BCUT2D eigenvalue weighted by Gasteiger charge is 2.17. The van der Waals surface area contributed by atoms with E-state index in [4.69, 9.17) is 4.42 Å². The topological polar surface area (TPSA) is 45.5 Å². The maximum atomic E-state index is 12.6. The van der Waals surface area contributed by atoms with Gasteiger partial charge in [0.05, 0.1) is 25.4 Å². The van der Waals surface area contributed by atoms with E-state index >= 15 is 0 Å². The van der Waals surface area contributed by atoms with Crippen molar-refractivity contribution in [3.05, 3.63) is 95.9 Å². The van der Waals surface area contributed by atoms with E-state index in [1.54, 1.807) is 6.26 Å². The van der Waals surface area contributed by atoms with Crippen molar-refractivity contribution in [2.75, 3.05) is 13.6 Å². The van der Waals surface area contributed by atoms with Crippen LogP contribution in [0.2, 0.25) is 0 Å². The van der Waals surface area contributed by atoms with E-state index in [-0.39, 0.29) is 11.9 Å². The first kappa shape index (κ1) is 17.0. The molecule has 0 aliphatic heterocycles. The minimum absolute atomic E-state index is 0.0215. The molecule has 4 heteroatoms. The third-order valence-corrected chi connectivity index (χ3v) is 3.99. The molecule has 0 fully saturated rings. The van der Waals surface area contributed by atoms with Gasteiger partial charge >= 0.3 is 0 Å². The fourth-order valence-electron chi connectivity index (χ4n) is 2.83. The predicted molar refractivity (Wildman–Crippen MR) is 97.9 cm³/mol. The zero-order valence-corrected chi connectivity index (χ0v) is 14.3. The Morgan fingerprint density at radius 3 is 2.08 bits per heavy atom. The van der Waals surface area contributed by atoms with E-state index in [2.05, 4.69) is 5.32 Å². The Kier molecular flexibility index (Phi) is 5.65. The van der Waals surface area contributed by atoms with Crippen LogP contribution in [0.3, 0.4) is 0 Å². The van der Waals surface area contributed by atoms with Crippen molar-refractivity contribution in [2.24, 2.45) is 0 Å². The normalized spacial score (nSPS) is 11.0. The smallest absolute Gasteiger partial charge is 0.234 e. The number of nitrogens with zero attached hydrogens (tertiary/aromatic N) is 1. The summed E-state index contributed by atoms with van der Waals surface area (Å²) < 4.78 is 5.33. The van der Waals surface area contributed by atoms with E-state index in [0.29, 0.717) is 13.1 Å². The van der Waals surface area contributed by atoms with Crippen LogP contribution in [0.25, 0.3) is 0 Å². The Morgan fingerprint density at radius 2 is 1.56 bits per heavy atom. The molecule has 0 saturated carbocycles. The van der Waals surface area contributed by atoms with Gasteiger partial charge in [0, 0.05) is 0 Å². The summed E-state index contributed by atoms with van der Waals surface area (Å²) in [5.41, 5.74) is 2.13. The summed E-state index contributed by atoms with van der Waals surface area (Å²) in [6.45, 7) is 0.901. The van der Waals surface area contributed by atoms with E-state index < -0.39 is 0 Å². The summed E-state index contributed by atoms with van der Waals surface area (Å²) in [7, 11) is 1.90. The number of benzene rings is 2. The molecule has 1 aromatic heterocycles. The van der Waals surface area contributed by atoms with Gasteiger partial charge in [0.25, 0.3) is 0 Å². The summed E-state index contributed by atoms with van der Waals surface area (Å²) in [6.07, 6.45) is 1.64. The third-order valence-electron chi connectivity index (χ3n) is 3.99. The molecule has 0 unspecified atom stereocenters. The number of rotatable bonds is 7. The molecular formula is C21H22N2O2. The van der Waals surface area contributed by atoms with Crippen LogP contribution in [0.15, 0.2) is 83.5 Å². The summed E-state index contributed by atoms with van der Waals surface area (Å²) >= 11 is 0. The zero-order valence-electron chi connectivity index (χ0n) is 14.3. The molecule has 0 bridgehead atoms. The summed E-state index contributed by atoms with van der Waals surface area (Å²) in [6, 6.07) is 23.6. The van der Waals surface area contributed by atoms with Gasteiger partial charge < -0.3 is 9.73 Å². The van der Waals surface area contributed by atoms with E-state index in [0.717, 1.165) is 16.9 Å². The fourth-order valence-corrected chi connectivity index (χ4v) is 2.83. The Labute approximate surface area is 148 Å². The van der Waals surface area contributed by atoms with Crippen molar-refractivity contribution in [1.82, 2.24) is 10.2 Å². The molecule has 1 amide bonds. The summed E-state index contributed by atoms with van der Waals surface area (Å²) in [5.74, 6) is 0.824. The highest BCUT2D eigenvalue weighted by atomic mass is 16.3. The minimum Gasteiger partial charge on any atom is -0.468 e. The lowest BCUT2D eigenvalue weighted by molar-refractivity contribution is -0.122. The lowest BCUT2D eigenvalue weighted by Crippen LogP contribution is -2.37. The largest absolute Gasteiger partial charge is 0.468 e. The Hall–Kier alpha value is -2.85. The minimum atomic E-state index is -0.160. The zero-order chi connectivity index (χ0) is 17.5. The van der Waals surface area contributed by atoms with Crippen molar-refractivity contribution in [3.8, 4) is 0 Å². The Balaban J connectivity index is 1.68. The fraction of sp³-hybridized carbons (Fsp3) is 0.190. The number of carbonyl (C=O) groups is 1. The first-order valence-corrected chi connectivity index (χ1v) is 8.32. The highest BCUT2D eigenvalue weighted by Crippen LogP contribution is 2.21. The number of hydrogen-bond acceptors (Lipinski definition) is 3. The number of hydrogen-bond donors (Lipinski definition) is 1. The van der Waals surface area contributed by atoms with Gasteiger partial charge in [-0.2, -0.15) is 0 Å². The van der Waals surface area contributed by atoms with Crippen molar-refractivity contribution >= 4 is 5.91 Å². The third kappa shape index (κ3) is 4.81. The average Bonchev–Trinajstić information content (AvgIpc) is 3.14. The number of carbonyl (C=O) groups excluding carboxylic acids is 1. The number of likely N-dealkylation sites (N-methyl/N-ethyl adjacent to an activating group) is 1. The van der Waals surface area contributed by atoms with Crippen LogP contribution in [-0.4, -0.2) is 24.4 Å². The van der Waals surface area contributed by atoms with Crippen LogP contribution in [0.4, 0.5) is 0 Å². The molecule has 0 spiro atoms. The molecule has 128 valence electrons. The molecule has 25 heavy (non-hydrogen) atoms. The second kappa shape index (κ2) is 8.31. The second-order valence-corrected chi connectivity index (χ2v) is 6.07. The highest BCUT2D eigenvalue weighted by molar-refractivity contribution is 5.79. The van der Waals surface area contributed by atoms with E-state index in [9.17, 15) is 4.79 Å². The van der Waals surface area contributed by atoms with Crippen LogP contribution in [0.5, 0.6) is 0 Å². The first-order valence-electron chi connectivity index (χ1n) is 8.32. The molecule has 0 aliphatic rings. The van der Waals surface area contributed by atoms with E-state index in [1.807, 2.05) is 84.7 Å². The molecule has 0 atom stereocenters. The van der Waals surface area contributed by atoms with Crippen LogP contribution >= 0.6 is 0 Å². The maximum absolute atomic E-state index is 12.6. The van der Waals surface area contributed by atoms with E-state index in [1.165, 1.54) is 0 Å². The van der Waals surface area contributed by atoms with Gasteiger partial charge in [-0.1, -0.05) is 60.7 Å². The molecule has 0 aliphatic carbocycles. The average molecular weight is 334 g/mol. The molecule has 3 rings (SSSR count). The van der Waals surface area contributed by atoms with Crippen molar-refractivity contribution in [3.63, 3.8) is 0 Å². The Morgan fingerprint density at radius 1 is 0.960 bits per heavy atom. The van der Waals surface area contributed by atoms with Crippen molar-refractivity contribution in [2.45, 2.75) is 12.6 Å².